The van der Waals surface area contributed by atoms with Crippen LogP contribution in [-0.2, 0) is 6.54 Å². The van der Waals surface area contributed by atoms with Crippen molar-refractivity contribution in [3.63, 3.8) is 0 Å². The normalized spacial score (nSPS) is 10.3. The third kappa shape index (κ3) is 2.94. The van der Waals surface area contributed by atoms with Gasteiger partial charge in [0, 0.05) is 24.5 Å². The average Bonchev–Trinajstić information content (AvgIpc) is 2.35. The highest BCUT2D eigenvalue weighted by Crippen LogP contribution is 2.05. The molecule has 0 spiro atoms. The van der Waals surface area contributed by atoms with E-state index in [1.165, 1.54) is 6.07 Å². The van der Waals surface area contributed by atoms with Gasteiger partial charge >= 0.3 is 0 Å². The summed E-state index contributed by atoms with van der Waals surface area (Å²) in [6.07, 6.45) is 3.33. The van der Waals surface area contributed by atoms with E-state index in [0.717, 1.165) is 23.6 Å². The molecular formula is C13H16N4O. The predicted molar refractivity (Wildman–Crippen MR) is 70.7 cm³/mol. The predicted octanol–water partition coefficient (Wildman–Crippen LogP) is 1.43. The third-order valence-electron chi connectivity index (χ3n) is 2.55. The second-order valence-electron chi connectivity index (χ2n) is 4.08. The zero-order chi connectivity index (χ0) is 13.0. The first-order chi connectivity index (χ1) is 8.69. The smallest absolute Gasteiger partial charge is 0.253 e. The Morgan fingerprint density at radius 2 is 2.17 bits per heavy atom. The summed E-state index contributed by atoms with van der Waals surface area (Å²) in [6.45, 7) is 5.16. The summed E-state index contributed by atoms with van der Waals surface area (Å²) in [5.41, 5.74) is 1.67. The van der Waals surface area contributed by atoms with Crippen LogP contribution in [0.25, 0.3) is 0 Å². The van der Waals surface area contributed by atoms with Crippen LogP contribution in [-0.4, -0.2) is 21.1 Å². The number of hydrogen-bond donors (Lipinski definition) is 1. The molecule has 0 bridgehead atoms. The van der Waals surface area contributed by atoms with Crippen LogP contribution in [0.3, 0.4) is 0 Å². The van der Waals surface area contributed by atoms with Crippen LogP contribution in [0.15, 0.2) is 35.5 Å². The lowest BCUT2D eigenvalue weighted by Crippen LogP contribution is -2.20. The fourth-order valence-corrected chi connectivity index (χ4v) is 1.64. The Bertz CT molecular complexity index is 574. The molecule has 0 aliphatic rings. The molecule has 1 N–H and O–H groups in total. The fourth-order valence-electron chi connectivity index (χ4n) is 1.64. The summed E-state index contributed by atoms with van der Waals surface area (Å²) in [7, 11) is 0. The first-order valence-electron chi connectivity index (χ1n) is 5.91. The quantitative estimate of drug-likeness (QED) is 0.883. The van der Waals surface area contributed by atoms with Crippen molar-refractivity contribution in [2.45, 2.75) is 20.4 Å². The second-order valence-corrected chi connectivity index (χ2v) is 4.08. The zero-order valence-electron chi connectivity index (χ0n) is 10.6. The Morgan fingerprint density at radius 3 is 2.78 bits per heavy atom. The second kappa shape index (κ2) is 5.44. The van der Waals surface area contributed by atoms with Crippen LogP contribution < -0.4 is 10.9 Å². The summed E-state index contributed by atoms with van der Waals surface area (Å²) in [4.78, 5) is 20.1. The summed E-state index contributed by atoms with van der Waals surface area (Å²) in [6, 6.07) is 5.39. The van der Waals surface area contributed by atoms with Gasteiger partial charge in [-0.1, -0.05) is 6.07 Å². The first-order valence-corrected chi connectivity index (χ1v) is 5.91. The van der Waals surface area contributed by atoms with E-state index in [-0.39, 0.29) is 5.56 Å². The van der Waals surface area contributed by atoms with E-state index in [1.807, 2.05) is 19.1 Å². The van der Waals surface area contributed by atoms with E-state index >= 15 is 0 Å². The van der Waals surface area contributed by atoms with Gasteiger partial charge in [0.1, 0.15) is 5.82 Å². The number of aryl methyl sites for hydroxylation is 1. The van der Waals surface area contributed by atoms with Gasteiger partial charge in [0.25, 0.3) is 5.56 Å². The van der Waals surface area contributed by atoms with Crippen molar-refractivity contribution in [2.75, 3.05) is 11.9 Å². The average molecular weight is 244 g/mol. The highest BCUT2D eigenvalue weighted by molar-refractivity contribution is 5.35. The molecule has 0 atom stereocenters. The molecule has 2 aromatic rings. The standard InChI is InChI=1S/C13H16N4O/c1-3-14-12-5-4-11(7-15-12)8-17-9-16-10(2)6-13(17)18/h4-7,9H,3,8H2,1-2H3,(H,14,15). The van der Waals surface area contributed by atoms with Gasteiger partial charge in [0.15, 0.2) is 0 Å². The van der Waals surface area contributed by atoms with Crippen LogP contribution in [0, 0.1) is 6.92 Å². The molecule has 0 radical (unpaired) electrons. The summed E-state index contributed by atoms with van der Waals surface area (Å²) >= 11 is 0. The molecule has 0 amide bonds. The molecule has 18 heavy (non-hydrogen) atoms. The minimum atomic E-state index is -0.0433. The van der Waals surface area contributed by atoms with Gasteiger partial charge in [-0.15, -0.1) is 0 Å². The van der Waals surface area contributed by atoms with Gasteiger partial charge in [-0.3, -0.25) is 9.36 Å². The lowest BCUT2D eigenvalue weighted by molar-refractivity contribution is 0.728. The molecule has 0 aromatic carbocycles. The molecule has 0 aliphatic carbocycles. The van der Waals surface area contributed by atoms with Crippen molar-refractivity contribution in [3.8, 4) is 0 Å². The van der Waals surface area contributed by atoms with Crippen molar-refractivity contribution in [1.82, 2.24) is 14.5 Å². The number of rotatable bonds is 4. The molecule has 5 nitrogen and oxygen atoms in total. The van der Waals surface area contributed by atoms with E-state index in [9.17, 15) is 4.79 Å². The van der Waals surface area contributed by atoms with Crippen molar-refractivity contribution < 1.29 is 0 Å². The largest absolute Gasteiger partial charge is 0.370 e. The Balaban J connectivity index is 2.16. The van der Waals surface area contributed by atoms with E-state index < -0.39 is 0 Å². The minimum absolute atomic E-state index is 0.0433. The van der Waals surface area contributed by atoms with Crippen LogP contribution in [0.5, 0.6) is 0 Å². The van der Waals surface area contributed by atoms with Gasteiger partial charge < -0.3 is 5.32 Å². The maximum Gasteiger partial charge on any atom is 0.253 e. The Morgan fingerprint density at radius 1 is 1.33 bits per heavy atom. The molecule has 0 aliphatic heterocycles. The van der Waals surface area contributed by atoms with Crippen molar-refractivity contribution in [2.24, 2.45) is 0 Å². The first kappa shape index (κ1) is 12.3. The molecule has 0 saturated heterocycles. The van der Waals surface area contributed by atoms with Gasteiger partial charge in [-0.25, -0.2) is 9.97 Å². The molecule has 2 rings (SSSR count). The topological polar surface area (TPSA) is 59.8 Å². The lowest BCUT2D eigenvalue weighted by Gasteiger charge is -2.06. The van der Waals surface area contributed by atoms with Crippen molar-refractivity contribution in [3.05, 3.63) is 52.3 Å². The van der Waals surface area contributed by atoms with Crippen LogP contribution in [0.1, 0.15) is 18.2 Å². The minimum Gasteiger partial charge on any atom is -0.370 e. The van der Waals surface area contributed by atoms with E-state index in [1.54, 1.807) is 24.0 Å². The number of hydrogen-bond acceptors (Lipinski definition) is 4. The maximum absolute atomic E-state index is 11.7. The van der Waals surface area contributed by atoms with Crippen LogP contribution in [0.4, 0.5) is 5.82 Å². The zero-order valence-corrected chi connectivity index (χ0v) is 10.6. The molecule has 2 heterocycles. The SMILES string of the molecule is CCNc1ccc(Cn2cnc(C)cc2=O)cn1. The fraction of sp³-hybridized carbons (Fsp3) is 0.308. The van der Waals surface area contributed by atoms with Gasteiger partial charge in [0.05, 0.1) is 12.9 Å². The molecular weight excluding hydrogens is 228 g/mol. The Kier molecular flexibility index (Phi) is 3.72. The molecule has 2 aromatic heterocycles. The van der Waals surface area contributed by atoms with Crippen molar-refractivity contribution in [1.29, 1.82) is 0 Å². The Hall–Kier alpha value is -2.17. The summed E-state index contributed by atoms with van der Waals surface area (Å²) in [5, 5.41) is 3.13. The number of nitrogens with zero attached hydrogens (tertiary/aromatic N) is 3. The maximum atomic E-state index is 11.7. The van der Waals surface area contributed by atoms with E-state index in [2.05, 4.69) is 15.3 Å². The number of anilines is 1. The molecule has 94 valence electrons. The molecule has 0 fully saturated rings. The third-order valence-corrected chi connectivity index (χ3v) is 2.55. The number of pyridine rings is 1. The van der Waals surface area contributed by atoms with E-state index in [0.29, 0.717) is 6.54 Å². The van der Waals surface area contributed by atoms with Crippen LogP contribution >= 0.6 is 0 Å². The molecule has 5 heteroatoms. The van der Waals surface area contributed by atoms with Gasteiger partial charge in [-0.2, -0.15) is 0 Å². The number of nitrogens with one attached hydrogen (secondary N) is 1. The van der Waals surface area contributed by atoms with Gasteiger partial charge in [0.2, 0.25) is 0 Å². The molecule has 0 saturated carbocycles. The summed E-state index contributed by atoms with van der Waals surface area (Å²) in [5.74, 6) is 0.843. The van der Waals surface area contributed by atoms with E-state index in [4.69, 9.17) is 0 Å². The highest BCUT2D eigenvalue weighted by Gasteiger charge is 2.00. The monoisotopic (exact) mass is 244 g/mol. The molecule has 0 unspecified atom stereocenters. The van der Waals surface area contributed by atoms with Crippen molar-refractivity contribution >= 4 is 5.82 Å². The van der Waals surface area contributed by atoms with Gasteiger partial charge in [-0.05, 0) is 25.5 Å². The lowest BCUT2D eigenvalue weighted by atomic mass is 10.3. The summed E-state index contributed by atoms with van der Waals surface area (Å²) < 4.78 is 1.57. The van der Waals surface area contributed by atoms with Crippen LogP contribution in [0.2, 0.25) is 0 Å². The highest BCUT2D eigenvalue weighted by atomic mass is 16.1. The number of aromatic nitrogens is 3. The Labute approximate surface area is 106 Å².